The van der Waals surface area contributed by atoms with Crippen LogP contribution in [0.5, 0.6) is 0 Å². The highest BCUT2D eigenvalue weighted by molar-refractivity contribution is 6.95. The summed E-state index contributed by atoms with van der Waals surface area (Å²) in [7, 11) is 0. The molecule has 1 spiro atoms. The molecule has 10 rings (SSSR count). The van der Waals surface area contributed by atoms with Crippen molar-refractivity contribution in [1.82, 2.24) is 0 Å². The van der Waals surface area contributed by atoms with Gasteiger partial charge in [0.25, 0.3) is 6.71 Å². The van der Waals surface area contributed by atoms with Gasteiger partial charge in [0, 0.05) is 23.3 Å². The second-order valence-corrected chi connectivity index (χ2v) is 14.5. The highest BCUT2D eigenvalue weighted by atomic mass is 15.2. The fourth-order valence-electron chi connectivity index (χ4n) is 10.3. The molecule has 224 valence electrons. The number of nitrogens with zero attached hydrogens (tertiary/aromatic N) is 2. The van der Waals surface area contributed by atoms with Crippen molar-refractivity contribution in [3.63, 3.8) is 0 Å². The number of hydrogen-bond acceptors (Lipinski definition) is 2. The third-order valence-electron chi connectivity index (χ3n) is 12.1. The summed E-state index contributed by atoms with van der Waals surface area (Å²) in [4.78, 5) is 5.26. The van der Waals surface area contributed by atoms with Gasteiger partial charge < -0.3 is 9.80 Å². The Morgan fingerprint density at radius 2 is 1.26 bits per heavy atom. The average Bonchev–Trinajstić information content (AvgIpc) is 3.58. The first-order valence-electron chi connectivity index (χ1n) is 17.5. The number of anilines is 4. The molecule has 5 aromatic carbocycles. The Kier molecular flexibility index (Phi) is 5.52. The van der Waals surface area contributed by atoms with Crippen molar-refractivity contribution in [3.8, 4) is 0 Å². The van der Waals surface area contributed by atoms with Crippen molar-refractivity contribution >= 4 is 40.4 Å². The van der Waals surface area contributed by atoms with Gasteiger partial charge in [0.15, 0.2) is 0 Å². The number of hydrogen-bond donors (Lipinski definition) is 0. The first-order valence-corrected chi connectivity index (χ1v) is 17.5. The van der Waals surface area contributed by atoms with Gasteiger partial charge >= 0.3 is 0 Å². The van der Waals surface area contributed by atoms with E-state index in [1.165, 1.54) is 77.1 Å². The molecule has 0 aliphatic carbocycles. The first-order chi connectivity index (χ1) is 22.7. The maximum atomic E-state index is 2.77. The summed E-state index contributed by atoms with van der Waals surface area (Å²) in [6.45, 7) is 6.34. The number of rotatable bonds is 6. The monoisotopic (exact) mass is 594 g/mol. The topological polar surface area (TPSA) is 6.48 Å². The maximum absolute atomic E-state index is 2.77. The van der Waals surface area contributed by atoms with E-state index in [0.717, 1.165) is 13.0 Å². The predicted octanol–water partition coefficient (Wildman–Crippen LogP) is 8.93. The Bertz CT molecular complexity index is 2050. The Balaban J connectivity index is 1.26. The van der Waals surface area contributed by atoms with Gasteiger partial charge in [0.2, 0.25) is 0 Å². The van der Waals surface area contributed by atoms with Crippen LogP contribution in [-0.2, 0) is 11.8 Å². The SMILES string of the molecule is CCCCCCC1(C)CN2C3=C1Cc1cccc4c1B3c1c2cccc1C41c2ccccc2N(c2ccccc2)c2ccccc21. The molecule has 0 saturated carbocycles. The zero-order chi connectivity index (χ0) is 30.6. The van der Waals surface area contributed by atoms with Gasteiger partial charge in [-0.15, -0.1) is 0 Å². The first kappa shape index (κ1) is 26.7. The minimum atomic E-state index is -0.396. The van der Waals surface area contributed by atoms with Crippen molar-refractivity contribution in [2.24, 2.45) is 5.41 Å². The molecule has 0 radical (unpaired) electrons. The molecule has 1 unspecified atom stereocenters. The zero-order valence-electron chi connectivity index (χ0n) is 26.9. The highest BCUT2D eigenvalue weighted by Gasteiger charge is 2.60. The van der Waals surface area contributed by atoms with Gasteiger partial charge in [-0.05, 0) is 87.6 Å². The van der Waals surface area contributed by atoms with Crippen molar-refractivity contribution in [1.29, 1.82) is 0 Å². The van der Waals surface area contributed by atoms with Gasteiger partial charge in [-0.2, -0.15) is 0 Å². The van der Waals surface area contributed by atoms with E-state index in [1.54, 1.807) is 27.7 Å². The summed E-state index contributed by atoms with van der Waals surface area (Å²) in [5.41, 5.74) is 18.8. The molecule has 0 bridgehead atoms. The lowest BCUT2D eigenvalue weighted by molar-refractivity contribution is 0.368. The van der Waals surface area contributed by atoms with Crippen molar-refractivity contribution in [2.75, 3.05) is 16.3 Å². The van der Waals surface area contributed by atoms with E-state index in [1.807, 2.05) is 0 Å². The van der Waals surface area contributed by atoms with Crippen LogP contribution < -0.4 is 20.7 Å². The zero-order valence-corrected chi connectivity index (χ0v) is 26.9. The minimum Gasteiger partial charge on any atom is -0.352 e. The Labute approximate surface area is 273 Å². The molecular weight excluding hydrogens is 555 g/mol. The molecule has 1 atom stereocenters. The number of unbranched alkanes of at least 4 members (excludes halogenated alkanes) is 3. The summed E-state index contributed by atoms with van der Waals surface area (Å²) in [5, 5.41) is 0. The van der Waals surface area contributed by atoms with Crippen LogP contribution in [0.15, 0.2) is 126 Å². The second-order valence-electron chi connectivity index (χ2n) is 14.5. The lowest BCUT2D eigenvalue weighted by Gasteiger charge is -2.50. The molecule has 5 aliphatic heterocycles. The third kappa shape index (κ3) is 3.19. The van der Waals surface area contributed by atoms with E-state index >= 15 is 0 Å². The van der Waals surface area contributed by atoms with E-state index < -0.39 is 5.41 Å². The molecule has 0 aromatic heterocycles. The van der Waals surface area contributed by atoms with Crippen LogP contribution in [-0.4, -0.2) is 13.3 Å². The normalized spacial score (nSPS) is 20.3. The van der Waals surface area contributed by atoms with Crippen molar-refractivity contribution in [3.05, 3.63) is 154 Å². The van der Waals surface area contributed by atoms with E-state index in [-0.39, 0.29) is 5.41 Å². The molecule has 5 heterocycles. The average molecular weight is 595 g/mol. The Morgan fingerprint density at radius 3 is 2.00 bits per heavy atom. The van der Waals surface area contributed by atoms with Gasteiger partial charge in [0.1, 0.15) is 0 Å². The molecule has 0 saturated heterocycles. The minimum absolute atomic E-state index is 0.236. The highest BCUT2D eigenvalue weighted by Crippen LogP contribution is 2.61. The van der Waals surface area contributed by atoms with E-state index in [9.17, 15) is 0 Å². The number of fused-ring (bicyclic) bond motifs is 7. The largest absolute Gasteiger partial charge is 0.352 e. The lowest BCUT2D eigenvalue weighted by Crippen LogP contribution is -2.59. The Morgan fingerprint density at radius 1 is 0.630 bits per heavy atom. The summed E-state index contributed by atoms with van der Waals surface area (Å²) < 4.78 is 0. The molecule has 5 aromatic rings. The van der Waals surface area contributed by atoms with Crippen LogP contribution in [0.25, 0.3) is 0 Å². The molecular formula is C43H39BN2. The van der Waals surface area contributed by atoms with Gasteiger partial charge in [-0.1, -0.05) is 130 Å². The third-order valence-corrected chi connectivity index (χ3v) is 12.1. The maximum Gasteiger partial charge on any atom is 0.265 e. The fourth-order valence-corrected chi connectivity index (χ4v) is 10.3. The number of benzene rings is 5. The van der Waals surface area contributed by atoms with Crippen molar-refractivity contribution < 1.29 is 0 Å². The van der Waals surface area contributed by atoms with Gasteiger partial charge in [-0.25, -0.2) is 0 Å². The standard InChI is InChI=1S/C43H39BN2/c1-3-4-5-13-26-42(2)28-45-38-25-15-22-34-40(38)44-39-29(27-35(42)41(44)45)16-14-21-33(39)43(34)31-19-9-11-23-36(31)46(30-17-7-6-8-18-30)37-24-12-10-20-32(37)43/h6-12,14-25H,3-5,13,26-28H2,1-2H3. The lowest BCUT2D eigenvalue weighted by atomic mass is 9.30. The summed E-state index contributed by atoms with van der Waals surface area (Å²) in [6, 6.07) is 43.9. The van der Waals surface area contributed by atoms with E-state index in [4.69, 9.17) is 0 Å². The molecule has 0 amide bonds. The summed E-state index contributed by atoms with van der Waals surface area (Å²) in [5.74, 6) is 0. The fraction of sp³-hybridized carbons (Fsp3) is 0.256. The second kappa shape index (κ2) is 9.52. The van der Waals surface area contributed by atoms with Crippen LogP contribution in [0.3, 0.4) is 0 Å². The van der Waals surface area contributed by atoms with Crippen LogP contribution in [0.1, 0.15) is 73.8 Å². The smallest absolute Gasteiger partial charge is 0.265 e. The van der Waals surface area contributed by atoms with Crippen LogP contribution >= 0.6 is 0 Å². The van der Waals surface area contributed by atoms with E-state index in [0.29, 0.717) is 6.71 Å². The number of para-hydroxylation sites is 3. The van der Waals surface area contributed by atoms with Crippen LogP contribution in [0.4, 0.5) is 22.7 Å². The molecule has 3 heteroatoms. The van der Waals surface area contributed by atoms with Crippen molar-refractivity contribution in [2.45, 2.75) is 57.8 Å². The quantitative estimate of drug-likeness (QED) is 0.140. The summed E-state index contributed by atoms with van der Waals surface area (Å²) in [6.07, 6.45) is 7.68. The molecule has 5 aliphatic rings. The van der Waals surface area contributed by atoms with Gasteiger partial charge in [0.05, 0.1) is 16.8 Å². The summed E-state index contributed by atoms with van der Waals surface area (Å²) >= 11 is 0. The molecule has 46 heavy (non-hydrogen) atoms. The molecule has 0 fully saturated rings. The molecule has 0 N–H and O–H groups in total. The van der Waals surface area contributed by atoms with E-state index in [2.05, 4.69) is 139 Å². The van der Waals surface area contributed by atoms with Gasteiger partial charge in [-0.3, -0.25) is 0 Å². The predicted molar refractivity (Wildman–Crippen MR) is 193 cm³/mol. The Hall–Kier alpha value is -4.50. The molecule has 2 nitrogen and oxygen atoms in total. The van der Waals surface area contributed by atoms with Crippen LogP contribution in [0.2, 0.25) is 0 Å². The van der Waals surface area contributed by atoms with Crippen LogP contribution in [0, 0.1) is 5.41 Å².